The van der Waals surface area contributed by atoms with Crippen molar-refractivity contribution in [1.82, 2.24) is 14.8 Å². The molecule has 8 nitrogen and oxygen atoms in total. The number of fused-ring (bicyclic) bond motifs is 1. The number of nitrogens with one attached hydrogen (secondary N) is 2. The summed E-state index contributed by atoms with van der Waals surface area (Å²) in [6.45, 7) is 8.26. The van der Waals surface area contributed by atoms with Gasteiger partial charge in [-0.05, 0) is 62.6 Å². The van der Waals surface area contributed by atoms with Gasteiger partial charge in [-0.3, -0.25) is 4.79 Å². The van der Waals surface area contributed by atoms with Gasteiger partial charge in [-0.2, -0.15) is 4.98 Å². The second-order valence-corrected chi connectivity index (χ2v) is 10.9. The van der Waals surface area contributed by atoms with E-state index < -0.39 is 6.04 Å². The van der Waals surface area contributed by atoms with Crippen molar-refractivity contribution < 1.29 is 18.7 Å². The maximum atomic E-state index is 14.2. The molecule has 0 aliphatic carbocycles. The molecule has 1 aromatic heterocycles. The fourth-order valence-corrected chi connectivity index (χ4v) is 5.43. The number of aryl methyl sites for hydroxylation is 1. The number of para-hydroxylation sites is 1. The molecule has 0 bridgehead atoms. The molecular formula is C32H34FN5O3S. The van der Waals surface area contributed by atoms with Crippen LogP contribution in [0, 0.1) is 12.7 Å². The SMILES string of the molecule is CCCSc1nc2n(n1)C(c1ccc(OCc3ccccc3F)c(OCC)c1)C(C(=O)Nc1ccccc1C)=C(C)N2. The van der Waals surface area contributed by atoms with Crippen molar-refractivity contribution >= 4 is 29.3 Å². The molecule has 1 aliphatic heterocycles. The third-order valence-corrected chi connectivity index (χ3v) is 7.87. The zero-order valence-electron chi connectivity index (χ0n) is 24.1. The molecule has 0 fully saturated rings. The Bertz CT molecular complexity index is 1620. The summed E-state index contributed by atoms with van der Waals surface area (Å²) >= 11 is 1.57. The molecule has 4 aromatic rings. The number of benzene rings is 3. The molecule has 218 valence electrons. The van der Waals surface area contributed by atoms with Gasteiger partial charge in [0.05, 0.1) is 12.2 Å². The van der Waals surface area contributed by atoms with E-state index in [1.54, 1.807) is 40.7 Å². The second-order valence-electron chi connectivity index (χ2n) is 9.87. The van der Waals surface area contributed by atoms with Gasteiger partial charge in [-0.1, -0.05) is 61.2 Å². The van der Waals surface area contributed by atoms with E-state index in [1.165, 1.54) is 6.07 Å². The van der Waals surface area contributed by atoms with Gasteiger partial charge in [0.15, 0.2) is 11.5 Å². The average molecular weight is 588 g/mol. The van der Waals surface area contributed by atoms with Crippen molar-refractivity contribution in [3.8, 4) is 11.5 Å². The van der Waals surface area contributed by atoms with Gasteiger partial charge in [-0.15, -0.1) is 5.10 Å². The van der Waals surface area contributed by atoms with Gasteiger partial charge in [0.25, 0.3) is 5.91 Å². The summed E-state index contributed by atoms with van der Waals surface area (Å²) in [6.07, 6.45) is 0.985. The van der Waals surface area contributed by atoms with Crippen LogP contribution < -0.4 is 20.1 Å². The molecule has 0 saturated heterocycles. The number of carbonyl (C=O) groups is 1. The Morgan fingerprint density at radius 3 is 2.60 bits per heavy atom. The van der Waals surface area contributed by atoms with Crippen molar-refractivity contribution in [3.05, 3.63) is 101 Å². The molecular weight excluding hydrogens is 553 g/mol. The zero-order valence-corrected chi connectivity index (χ0v) is 24.9. The van der Waals surface area contributed by atoms with E-state index in [4.69, 9.17) is 19.6 Å². The number of anilines is 2. The first-order valence-corrected chi connectivity index (χ1v) is 14.9. The number of halogens is 1. The minimum absolute atomic E-state index is 0.0494. The Hall–Kier alpha value is -4.31. The summed E-state index contributed by atoms with van der Waals surface area (Å²) in [5.74, 6) is 1.82. The highest BCUT2D eigenvalue weighted by molar-refractivity contribution is 7.99. The van der Waals surface area contributed by atoms with Crippen LogP contribution in [-0.4, -0.2) is 33.0 Å². The lowest BCUT2D eigenvalue weighted by atomic mass is 9.94. The molecule has 1 amide bonds. The smallest absolute Gasteiger partial charge is 0.255 e. The Morgan fingerprint density at radius 1 is 1.05 bits per heavy atom. The number of hydrogen-bond donors (Lipinski definition) is 2. The van der Waals surface area contributed by atoms with Crippen molar-refractivity contribution in [2.45, 2.75) is 51.9 Å². The van der Waals surface area contributed by atoms with Crippen LogP contribution in [0.25, 0.3) is 0 Å². The first-order chi connectivity index (χ1) is 20.4. The topological polar surface area (TPSA) is 90.3 Å². The van der Waals surface area contributed by atoms with Crippen LogP contribution in [0.4, 0.5) is 16.0 Å². The van der Waals surface area contributed by atoms with Crippen molar-refractivity contribution in [1.29, 1.82) is 0 Å². The van der Waals surface area contributed by atoms with Gasteiger partial charge in [0.2, 0.25) is 11.1 Å². The number of amides is 1. The standard InChI is InChI=1S/C32H34FN5O3S/c1-5-17-42-32-36-31-34-21(4)28(30(39)35-25-14-10-7-11-20(25)3)29(38(31)37-32)22-15-16-26(27(18-22)40-6-2)41-19-23-12-8-9-13-24(23)33/h7-16,18,29H,5-6,17,19H2,1-4H3,(H,35,39)(H,34,36,37). The third kappa shape index (κ3) is 6.28. The molecule has 42 heavy (non-hydrogen) atoms. The monoisotopic (exact) mass is 587 g/mol. The number of carbonyl (C=O) groups excluding carboxylic acids is 1. The molecule has 0 spiro atoms. The Balaban J connectivity index is 1.54. The number of hydrogen-bond acceptors (Lipinski definition) is 7. The lowest BCUT2D eigenvalue weighted by Gasteiger charge is -2.29. The second kappa shape index (κ2) is 13.1. The number of thioether (sulfide) groups is 1. The molecule has 2 N–H and O–H groups in total. The summed E-state index contributed by atoms with van der Waals surface area (Å²) in [6, 6.07) is 19.1. The van der Waals surface area contributed by atoms with Gasteiger partial charge in [0, 0.05) is 22.7 Å². The highest BCUT2D eigenvalue weighted by atomic mass is 32.2. The molecule has 3 aromatic carbocycles. The fraction of sp³-hybridized carbons (Fsp3) is 0.281. The Kier molecular flexibility index (Phi) is 9.12. The predicted octanol–water partition coefficient (Wildman–Crippen LogP) is 7.13. The van der Waals surface area contributed by atoms with Crippen molar-refractivity contribution in [2.24, 2.45) is 0 Å². The van der Waals surface area contributed by atoms with Gasteiger partial charge >= 0.3 is 0 Å². The van der Waals surface area contributed by atoms with E-state index in [9.17, 15) is 9.18 Å². The Labute approximate surface area is 249 Å². The van der Waals surface area contributed by atoms with Gasteiger partial charge < -0.3 is 20.1 Å². The Morgan fingerprint density at radius 2 is 1.83 bits per heavy atom. The normalized spacial score (nSPS) is 14.3. The summed E-state index contributed by atoms with van der Waals surface area (Å²) < 4.78 is 27.9. The van der Waals surface area contributed by atoms with E-state index >= 15 is 0 Å². The van der Waals surface area contributed by atoms with Crippen LogP contribution in [0.1, 0.15) is 49.9 Å². The maximum absolute atomic E-state index is 14.2. The molecule has 0 saturated carbocycles. The summed E-state index contributed by atoms with van der Waals surface area (Å²) in [5.41, 5.74) is 4.09. The van der Waals surface area contributed by atoms with Crippen LogP contribution in [0.5, 0.6) is 11.5 Å². The summed E-state index contributed by atoms with van der Waals surface area (Å²) in [5, 5.41) is 11.8. The van der Waals surface area contributed by atoms with E-state index in [1.807, 2.05) is 57.2 Å². The minimum atomic E-state index is -0.589. The third-order valence-electron chi connectivity index (χ3n) is 6.83. The van der Waals surface area contributed by atoms with Crippen LogP contribution in [0.2, 0.25) is 0 Å². The lowest BCUT2D eigenvalue weighted by Crippen LogP contribution is -2.31. The molecule has 1 atom stereocenters. The number of nitrogens with zero attached hydrogens (tertiary/aromatic N) is 3. The number of allylic oxidation sites excluding steroid dienone is 1. The van der Waals surface area contributed by atoms with E-state index in [2.05, 4.69) is 17.6 Å². The van der Waals surface area contributed by atoms with E-state index in [0.717, 1.165) is 29.0 Å². The molecule has 2 heterocycles. The zero-order chi connectivity index (χ0) is 29.6. The van der Waals surface area contributed by atoms with Gasteiger partial charge in [0.1, 0.15) is 18.5 Å². The van der Waals surface area contributed by atoms with Crippen LogP contribution in [0.15, 0.2) is 83.2 Å². The highest BCUT2D eigenvalue weighted by Crippen LogP contribution is 2.40. The fourth-order valence-electron chi connectivity index (χ4n) is 4.74. The van der Waals surface area contributed by atoms with Crippen molar-refractivity contribution in [2.75, 3.05) is 23.0 Å². The predicted molar refractivity (Wildman–Crippen MR) is 164 cm³/mol. The number of rotatable bonds is 11. The first-order valence-electron chi connectivity index (χ1n) is 14.0. The van der Waals surface area contributed by atoms with E-state index in [0.29, 0.717) is 46.0 Å². The lowest BCUT2D eigenvalue weighted by molar-refractivity contribution is -0.113. The quantitative estimate of drug-likeness (QED) is 0.180. The molecule has 1 unspecified atom stereocenters. The average Bonchev–Trinajstić information content (AvgIpc) is 3.39. The number of aromatic nitrogens is 3. The van der Waals surface area contributed by atoms with Gasteiger partial charge in [-0.25, -0.2) is 9.07 Å². The molecule has 10 heteroatoms. The largest absolute Gasteiger partial charge is 0.490 e. The first kappa shape index (κ1) is 29.2. The van der Waals surface area contributed by atoms with Crippen molar-refractivity contribution in [3.63, 3.8) is 0 Å². The molecule has 1 aliphatic rings. The highest BCUT2D eigenvalue weighted by Gasteiger charge is 2.35. The van der Waals surface area contributed by atoms with Crippen LogP contribution in [-0.2, 0) is 11.4 Å². The molecule has 0 radical (unpaired) electrons. The van der Waals surface area contributed by atoms with Crippen LogP contribution >= 0.6 is 11.8 Å². The maximum Gasteiger partial charge on any atom is 0.255 e. The summed E-state index contributed by atoms with van der Waals surface area (Å²) in [7, 11) is 0. The minimum Gasteiger partial charge on any atom is -0.490 e. The number of ether oxygens (including phenoxy) is 2. The summed E-state index contributed by atoms with van der Waals surface area (Å²) in [4.78, 5) is 18.6. The molecule has 5 rings (SSSR count). The van der Waals surface area contributed by atoms with E-state index in [-0.39, 0.29) is 18.3 Å². The van der Waals surface area contributed by atoms with Crippen LogP contribution in [0.3, 0.4) is 0 Å².